The summed E-state index contributed by atoms with van der Waals surface area (Å²) in [6.45, 7) is 1.90. The monoisotopic (exact) mass is 332 g/mol. The van der Waals surface area contributed by atoms with Crippen LogP contribution in [-0.4, -0.2) is 40.2 Å². The molecule has 0 aliphatic carbocycles. The highest BCUT2D eigenvalue weighted by Crippen LogP contribution is 2.27. The summed E-state index contributed by atoms with van der Waals surface area (Å²) in [4.78, 5) is 14.3. The molecule has 1 N–H and O–H groups in total. The maximum Gasteiger partial charge on any atom is 0.241 e. The number of aryl methyl sites for hydroxylation is 1. The molecule has 1 aliphatic rings. The van der Waals surface area contributed by atoms with Gasteiger partial charge in [0.15, 0.2) is 0 Å². The van der Waals surface area contributed by atoms with Crippen LogP contribution in [0.15, 0.2) is 36.5 Å². The molecule has 0 saturated carbocycles. The number of hydrogen-bond acceptors (Lipinski definition) is 3. The third-order valence-corrected chi connectivity index (χ3v) is 4.63. The van der Waals surface area contributed by atoms with Crippen molar-refractivity contribution in [2.75, 3.05) is 25.0 Å². The molecule has 122 valence electrons. The van der Waals surface area contributed by atoms with Crippen molar-refractivity contribution in [1.82, 2.24) is 14.7 Å². The zero-order chi connectivity index (χ0) is 16.2. The lowest BCUT2D eigenvalue weighted by molar-refractivity contribution is -0.130. The number of aromatic nitrogens is 2. The van der Waals surface area contributed by atoms with Gasteiger partial charge in [-0.2, -0.15) is 5.10 Å². The van der Waals surface area contributed by atoms with Gasteiger partial charge in [-0.25, -0.2) is 0 Å². The van der Waals surface area contributed by atoms with Gasteiger partial charge in [-0.3, -0.25) is 9.48 Å². The van der Waals surface area contributed by atoms with Crippen LogP contribution in [0.25, 0.3) is 0 Å². The lowest BCUT2D eigenvalue weighted by Gasteiger charge is -2.32. The zero-order valence-electron chi connectivity index (χ0n) is 13.2. The fourth-order valence-electron chi connectivity index (χ4n) is 3.10. The largest absolute Gasteiger partial charge is 0.376 e. The lowest BCUT2D eigenvalue weighted by atomic mass is 9.93. The van der Waals surface area contributed by atoms with E-state index in [1.807, 2.05) is 47.1 Å². The fourth-order valence-corrected chi connectivity index (χ4v) is 3.29. The third-order valence-electron chi connectivity index (χ3n) is 4.39. The number of likely N-dealkylation sites (tertiary alicyclic amines) is 1. The van der Waals surface area contributed by atoms with Crippen LogP contribution in [0.1, 0.15) is 24.5 Å². The molecule has 6 heteroatoms. The first-order valence-corrected chi connectivity index (χ1v) is 8.26. The highest BCUT2D eigenvalue weighted by Gasteiger charge is 2.25. The maximum atomic E-state index is 12.3. The number of piperidine rings is 1. The third kappa shape index (κ3) is 3.85. The number of hydrogen-bond donors (Lipinski definition) is 1. The van der Waals surface area contributed by atoms with E-state index in [2.05, 4.69) is 16.5 Å². The molecule has 23 heavy (non-hydrogen) atoms. The van der Waals surface area contributed by atoms with Crippen molar-refractivity contribution in [1.29, 1.82) is 0 Å². The van der Waals surface area contributed by atoms with E-state index in [4.69, 9.17) is 11.6 Å². The smallest absolute Gasteiger partial charge is 0.241 e. The number of amides is 1. The van der Waals surface area contributed by atoms with Crippen LogP contribution >= 0.6 is 11.6 Å². The van der Waals surface area contributed by atoms with Crippen molar-refractivity contribution in [3.63, 3.8) is 0 Å². The van der Waals surface area contributed by atoms with E-state index in [1.54, 1.807) is 0 Å². The van der Waals surface area contributed by atoms with Gasteiger partial charge in [0.25, 0.3) is 0 Å². The molecule has 2 heterocycles. The van der Waals surface area contributed by atoms with Crippen LogP contribution in [0.3, 0.4) is 0 Å². The molecule has 5 nitrogen and oxygen atoms in total. The Bertz CT molecular complexity index is 677. The molecule has 1 aliphatic heterocycles. The molecule has 3 rings (SSSR count). The summed E-state index contributed by atoms with van der Waals surface area (Å²) in [6.07, 6.45) is 3.81. The van der Waals surface area contributed by atoms with Crippen molar-refractivity contribution in [2.24, 2.45) is 7.05 Å². The van der Waals surface area contributed by atoms with Crippen molar-refractivity contribution in [3.05, 3.63) is 47.2 Å². The quantitative estimate of drug-likeness (QED) is 0.936. The van der Waals surface area contributed by atoms with Gasteiger partial charge in [0.05, 0.1) is 6.54 Å². The maximum absolute atomic E-state index is 12.3. The Balaban J connectivity index is 1.49. The molecular weight excluding hydrogens is 312 g/mol. The number of nitrogens with one attached hydrogen (secondary N) is 1. The summed E-state index contributed by atoms with van der Waals surface area (Å²) >= 11 is 5.94. The fraction of sp³-hybridized carbons (Fsp3) is 0.412. The molecule has 2 aromatic rings. The minimum Gasteiger partial charge on any atom is -0.376 e. The average Bonchev–Trinajstić information content (AvgIpc) is 2.99. The molecule has 0 unspecified atom stereocenters. The first-order valence-electron chi connectivity index (χ1n) is 7.88. The molecular formula is C17H21ClN4O. The van der Waals surface area contributed by atoms with Gasteiger partial charge in [-0.15, -0.1) is 0 Å². The van der Waals surface area contributed by atoms with Gasteiger partial charge in [0.2, 0.25) is 5.91 Å². The normalized spacial score (nSPS) is 15.7. The van der Waals surface area contributed by atoms with Gasteiger partial charge in [0.1, 0.15) is 0 Å². The predicted molar refractivity (Wildman–Crippen MR) is 91.7 cm³/mol. The Kier molecular flexibility index (Phi) is 4.86. The van der Waals surface area contributed by atoms with E-state index >= 15 is 0 Å². The SMILES string of the molecule is Cn1nccc1C1CCN(C(=O)CNc2cccc(Cl)c2)CC1. The molecule has 0 spiro atoms. The number of carbonyl (C=O) groups is 1. The van der Waals surface area contributed by atoms with Crippen LogP contribution < -0.4 is 5.32 Å². The molecule has 1 saturated heterocycles. The Hall–Kier alpha value is -2.01. The Morgan fingerprint density at radius 1 is 1.35 bits per heavy atom. The van der Waals surface area contributed by atoms with Gasteiger partial charge in [0, 0.05) is 48.7 Å². The molecule has 0 radical (unpaired) electrons. The number of rotatable bonds is 4. The van der Waals surface area contributed by atoms with Crippen molar-refractivity contribution >= 4 is 23.2 Å². The van der Waals surface area contributed by atoms with E-state index in [9.17, 15) is 4.79 Å². The molecule has 0 atom stereocenters. The number of anilines is 1. The highest BCUT2D eigenvalue weighted by atomic mass is 35.5. The summed E-state index contributed by atoms with van der Waals surface area (Å²) in [5.74, 6) is 0.626. The Morgan fingerprint density at radius 2 is 2.13 bits per heavy atom. The van der Waals surface area contributed by atoms with Crippen LogP contribution in [0.5, 0.6) is 0 Å². The number of halogens is 1. The summed E-state index contributed by atoms with van der Waals surface area (Å²) in [5, 5.41) is 8.04. The van der Waals surface area contributed by atoms with Gasteiger partial charge in [-0.1, -0.05) is 17.7 Å². The van der Waals surface area contributed by atoms with Gasteiger partial charge < -0.3 is 10.2 Å². The summed E-state index contributed by atoms with van der Waals surface area (Å²) < 4.78 is 1.93. The lowest BCUT2D eigenvalue weighted by Crippen LogP contribution is -2.41. The number of carbonyl (C=O) groups excluding carboxylic acids is 1. The van der Waals surface area contributed by atoms with Crippen molar-refractivity contribution < 1.29 is 4.79 Å². The average molecular weight is 333 g/mol. The van der Waals surface area contributed by atoms with Gasteiger partial charge in [-0.05, 0) is 37.1 Å². The van der Waals surface area contributed by atoms with Crippen LogP contribution in [0, 0.1) is 0 Å². The van der Waals surface area contributed by atoms with E-state index in [1.165, 1.54) is 5.69 Å². The number of benzene rings is 1. The second-order valence-electron chi connectivity index (χ2n) is 5.90. The minimum absolute atomic E-state index is 0.133. The highest BCUT2D eigenvalue weighted by molar-refractivity contribution is 6.30. The van der Waals surface area contributed by atoms with Crippen molar-refractivity contribution in [3.8, 4) is 0 Å². The Morgan fingerprint density at radius 3 is 2.78 bits per heavy atom. The Labute approximate surface area is 141 Å². The van der Waals surface area contributed by atoms with Crippen LogP contribution in [0.2, 0.25) is 5.02 Å². The predicted octanol–water partition coefficient (Wildman–Crippen LogP) is 2.89. The topological polar surface area (TPSA) is 50.2 Å². The minimum atomic E-state index is 0.133. The van der Waals surface area contributed by atoms with Gasteiger partial charge >= 0.3 is 0 Å². The summed E-state index contributed by atoms with van der Waals surface area (Å²) in [5.41, 5.74) is 2.13. The standard InChI is InChI=1S/C17H21ClN4O/c1-21-16(5-8-20-21)13-6-9-22(10-7-13)17(23)12-19-15-4-2-3-14(18)11-15/h2-5,8,11,13,19H,6-7,9-10,12H2,1H3. The second-order valence-corrected chi connectivity index (χ2v) is 6.34. The summed E-state index contributed by atoms with van der Waals surface area (Å²) in [6, 6.07) is 9.49. The molecule has 1 aromatic carbocycles. The first-order chi connectivity index (χ1) is 11.1. The molecule has 1 aromatic heterocycles. The van der Waals surface area contributed by atoms with E-state index in [0.29, 0.717) is 17.5 Å². The second kappa shape index (κ2) is 7.04. The molecule has 0 bridgehead atoms. The van der Waals surface area contributed by atoms with Crippen molar-refractivity contribution in [2.45, 2.75) is 18.8 Å². The number of nitrogens with zero attached hydrogens (tertiary/aromatic N) is 3. The zero-order valence-corrected chi connectivity index (χ0v) is 14.0. The van der Waals surface area contributed by atoms with E-state index < -0.39 is 0 Å². The molecule has 1 fully saturated rings. The van der Waals surface area contributed by atoms with Crippen LogP contribution in [0.4, 0.5) is 5.69 Å². The first kappa shape index (κ1) is 15.9. The van der Waals surface area contributed by atoms with E-state index in [0.717, 1.165) is 31.6 Å². The van der Waals surface area contributed by atoms with E-state index in [-0.39, 0.29) is 5.91 Å². The van der Waals surface area contributed by atoms with Crippen LogP contribution in [-0.2, 0) is 11.8 Å². The molecule has 1 amide bonds. The summed E-state index contributed by atoms with van der Waals surface area (Å²) in [7, 11) is 1.97.